The molecule has 2 aromatic carbocycles. The maximum atomic E-state index is 13.3. The summed E-state index contributed by atoms with van der Waals surface area (Å²) in [5.74, 6) is -0.551. The largest absolute Gasteiger partial charge is 0.449 e. The molecule has 200 valence electrons. The lowest BCUT2D eigenvalue weighted by Gasteiger charge is -2.36. The molecule has 0 radical (unpaired) electrons. The van der Waals surface area contributed by atoms with Crippen molar-refractivity contribution in [1.82, 2.24) is 15.5 Å². The van der Waals surface area contributed by atoms with Gasteiger partial charge in [0.1, 0.15) is 17.7 Å². The maximum Gasteiger partial charge on any atom is 0.408 e. The molecule has 1 atom stereocenters. The maximum absolute atomic E-state index is 13.3. The normalized spacial score (nSPS) is 14.3. The van der Waals surface area contributed by atoms with Crippen LogP contribution in [0.4, 0.5) is 9.59 Å². The van der Waals surface area contributed by atoms with Gasteiger partial charge in [0.15, 0.2) is 0 Å². The number of rotatable bonds is 8. The number of carbonyl (C=O) groups excluding carboxylic acids is 3. The molecule has 0 fully saturated rings. The zero-order chi connectivity index (χ0) is 27.4. The minimum atomic E-state index is -1.19. The van der Waals surface area contributed by atoms with Crippen molar-refractivity contribution in [2.75, 3.05) is 26.7 Å². The first-order chi connectivity index (χ1) is 17.3. The van der Waals surface area contributed by atoms with Crippen LogP contribution in [0.25, 0.3) is 11.1 Å². The zero-order valence-corrected chi connectivity index (χ0v) is 22.9. The first-order valence-electron chi connectivity index (χ1n) is 12.7. The summed E-state index contributed by atoms with van der Waals surface area (Å²) in [7, 11) is 1.64. The molecule has 0 spiro atoms. The lowest BCUT2D eigenvalue weighted by atomic mass is 9.87. The molecule has 0 aliphatic heterocycles. The van der Waals surface area contributed by atoms with E-state index in [-0.39, 0.29) is 37.4 Å². The highest BCUT2D eigenvalue weighted by atomic mass is 16.6. The lowest BCUT2D eigenvalue weighted by Crippen LogP contribution is -2.60. The second-order valence-electron chi connectivity index (χ2n) is 11.0. The summed E-state index contributed by atoms with van der Waals surface area (Å²) in [5, 5.41) is 5.46. The number of likely N-dealkylation sites (N-methyl/N-ethyl adjacent to an activating group) is 1. The molecular formula is C29H39N3O5. The summed E-state index contributed by atoms with van der Waals surface area (Å²) < 4.78 is 10.9. The van der Waals surface area contributed by atoms with Gasteiger partial charge in [0.05, 0.1) is 0 Å². The Morgan fingerprint density at radius 1 is 0.919 bits per heavy atom. The van der Waals surface area contributed by atoms with Crippen molar-refractivity contribution >= 4 is 18.1 Å². The monoisotopic (exact) mass is 509 g/mol. The molecule has 3 amide bonds. The molecule has 1 aliphatic carbocycles. The third kappa shape index (κ3) is 6.61. The van der Waals surface area contributed by atoms with Crippen LogP contribution < -0.4 is 10.6 Å². The Labute approximate surface area is 219 Å². The molecule has 1 aliphatic rings. The second-order valence-corrected chi connectivity index (χ2v) is 11.0. The Morgan fingerprint density at radius 3 is 1.97 bits per heavy atom. The average Bonchev–Trinajstić information content (AvgIpc) is 3.14. The molecule has 3 rings (SSSR count). The van der Waals surface area contributed by atoms with Crippen LogP contribution in [0.2, 0.25) is 0 Å². The van der Waals surface area contributed by atoms with Crippen LogP contribution in [0.15, 0.2) is 48.5 Å². The summed E-state index contributed by atoms with van der Waals surface area (Å²) in [6, 6.07) is 16.3. The van der Waals surface area contributed by atoms with Gasteiger partial charge in [-0.05, 0) is 55.9 Å². The Bertz CT molecular complexity index is 1090. The van der Waals surface area contributed by atoms with Gasteiger partial charge in [-0.25, -0.2) is 9.59 Å². The summed E-state index contributed by atoms with van der Waals surface area (Å²) in [6.07, 6.45) is -1.19. The molecule has 0 saturated heterocycles. The third-order valence-electron chi connectivity index (χ3n) is 6.77. The fraction of sp³-hybridized carbons (Fsp3) is 0.483. The van der Waals surface area contributed by atoms with Gasteiger partial charge in [-0.1, -0.05) is 62.4 Å². The Morgan fingerprint density at radius 2 is 1.46 bits per heavy atom. The minimum absolute atomic E-state index is 0.0687. The fourth-order valence-electron chi connectivity index (χ4n) is 4.43. The van der Waals surface area contributed by atoms with E-state index in [1.165, 1.54) is 4.90 Å². The van der Waals surface area contributed by atoms with Gasteiger partial charge in [-0.3, -0.25) is 4.79 Å². The number of amides is 3. The molecule has 2 N–H and O–H groups in total. The molecule has 0 heterocycles. The number of ether oxygens (including phenoxy) is 2. The number of alkyl carbamates (subject to hydrolysis) is 2. The van der Waals surface area contributed by atoms with E-state index in [2.05, 4.69) is 34.9 Å². The van der Waals surface area contributed by atoms with Crippen molar-refractivity contribution in [1.29, 1.82) is 0 Å². The van der Waals surface area contributed by atoms with Gasteiger partial charge in [-0.15, -0.1) is 0 Å². The van der Waals surface area contributed by atoms with Gasteiger partial charge in [-0.2, -0.15) is 0 Å². The molecule has 0 unspecified atom stereocenters. The Balaban J connectivity index is 1.60. The standard InChI is InChI=1S/C29H39N3O5/c1-19(2)29(6,25(33)32(7)17-16-30-26(34)37-28(3,4)5)31-27(35)36-18-24-22-14-10-8-12-20(22)21-13-9-11-15-23(21)24/h8-15,19,24H,16-18H2,1-7H3,(H,30,34)(H,31,35)/t29-/m0/s1. The number of carbonyl (C=O) groups is 3. The van der Waals surface area contributed by atoms with E-state index in [4.69, 9.17) is 9.47 Å². The number of hydrogen-bond acceptors (Lipinski definition) is 5. The first kappa shape index (κ1) is 28.0. The van der Waals surface area contributed by atoms with Crippen LogP contribution in [0.5, 0.6) is 0 Å². The van der Waals surface area contributed by atoms with E-state index in [1.807, 2.05) is 38.1 Å². The number of nitrogens with one attached hydrogen (secondary N) is 2. The van der Waals surface area contributed by atoms with E-state index in [1.54, 1.807) is 34.7 Å². The van der Waals surface area contributed by atoms with Crippen LogP contribution in [0.1, 0.15) is 58.6 Å². The Hall–Kier alpha value is -3.55. The highest BCUT2D eigenvalue weighted by Crippen LogP contribution is 2.44. The van der Waals surface area contributed by atoms with Gasteiger partial charge in [0.2, 0.25) is 5.91 Å². The highest BCUT2D eigenvalue weighted by molar-refractivity contribution is 5.90. The first-order valence-corrected chi connectivity index (χ1v) is 12.7. The van der Waals surface area contributed by atoms with Crippen molar-refractivity contribution in [3.63, 3.8) is 0 Å². The smallest absolute Gasteiger partial charge is 0.408 e. The van der Waals surface area contributed by atoms with E-state index < -0.39 is 23.3 Å². The second kappa shape index (κ2) is 11.2. The van der Waals surface area contributed by atoms with Gasteiger partial charge in [0, 0.05) is 26.1 Å². The Kier molecular flexibility index (Phi) is 8.51. The van der Waals surface area contributed by atoms with Crippen LogP contribution in [0.3, 0.4) is 0 Å². The predicted octanol–water partition coefficient (Wildman–Crippen LogP) is 4.92. The quantitative estimate of drug-likeness (QED) is 0.526. The molecular weight excluding hydrogens is 470 g/mol. The van der Waals surface area contributed by atoms with Crippen molar-refractivity contribution in [3.8, 4) is 11.1 Å². The molecule has 8 heteroatoms. The summed E-state index contributed by atoms with van der Waals surface area (Å²) in [4.78, 5) is 39.6. The van der Waals surface area contributed by atoms with E-state index >= 15 is 0 Å². The highest BCUT2D eigenvalue weighted by Gasteiger charge is 2.41. The van der Waals surface area contributed by atoms with E-state index in [0.29, 0.717) is 0 Å². The van der Waals surface area contributed by atoms with E-state index in [0.717, 1.165) is 22.3 Å². The van der Waals surface area contributed by atoms with Crippen LogP contribution in [-0.4, -0.2) is 60.9 Å². The number of fused-ring (bicyclic) bond motifs is 3. The molecule has 0 saturated carbocycles. The predicted molar refractivity (Wildman–Crippen MR) is 143 cm³/mol. The molecule has 8 nitrogen and oxygen atoms in total. The molecule has 2 aromatic rings. The van der Waals surface area contributed by atoms with Crippen molar-refractivity contribution in [2.24, 2.45) is 5.92 Å². The number of hydrogen-bond donors (Lipinski definition) is 2. The SMILES string of the molecule is CC(C)[C@](C)(NC(=O)OCC1c2ccccc2-c2ccccc21)C(=O)N(C)CCNC(=O)OC(C)(C)C. The topological polar surface area (TPSA) is 97.0 Å². The minimum Gasteiger partial charge on any atom is -0.449 e. The van der Waals surface area contributed by atoms with Crippen LogP contribution in [0, 0.1) is 5.92 Å². The summed E-state index contributed by atoms with van der Waals surface area (Å²) in [5.41, 5.74) is 2.75. The van der Waals surface area contributed by atoms with Crippen molar-refractivity contribution in [3.05, 3.63) is 59.7 Å². The van der Waals surface area contributed by atoms with Crippen molar-refractivity contribution < 1.29 is 23.9 Å². The van der Waals surface area contributed by atoms with Gasteiger partial charge in [0.25, 0.3) is 0 Å². The lowest BCUT2D eigenvalue weighted by molar-refractivity contribution is -0.138. The van der Waals surface area contributed by atoms with Gasteiger partial charge >= 0.3 is 12.2 Å². The number of benzene rings is 2. The molecule has 0 aromatic heterocycles. The summed E-state index contributed by atoms with van der Waals surface area (Å²) in [6.45, 7) is 11.4. The molecule has 0 bridgehead atoms. The average molecular weight is 510 g/mol. The van der Waals surface area contributed by atoms with Crippen molar-refractivity contribution in [2.45, 2.75) is 58.6 Å². The van der Waals surface area contributed by atoms with Gasteiger partial charge < -0.3 is 25.0 Å². The van der Waals surface area contributed by atoms with Crippen LogP contribution in [-0.2, 0) is 14.3 Å². The molecule has 37 heavy (non-hydrogen) atoms. The van der Waals surface area contributed by atoms with Crippen LogP contribution >= 0.6 is 0 Å². The zero-order valence-electron chi connectivity index (χ0n) is 22.9. The van der Waals surface area contributed by atoms with E-state index in [9.17, 15) is 14.4 Å². The summed E-state index contributed by atoms with van der Waals surface area (Å²) >= 11 is 0. The third-order valence-corrected chi connectivity index (χ3v) is 6.77. The fourth-order valence-corrected chi connectivity index (χ4v) is 4.43. The number of nitrogens with zero attached hydrogens (tertiary/aromatic N) is 1.